The van der Waals surface area contributed by atoms with Crippen LogP contribution in [-0.2, 0) is 0 Å². The van der Waals surface area contributed by atoms with Gasteiger partial charge in [0.2, 0.25) is 0 Å². The largest absolute Gasteiger partial charge is 0.493 e. The lowest BCUT2D eigenvalue weighted by molar-refractivity contribution is 0.103. The summed E-state index contributed by atoms with van der Waals surface area (Å²) in [6.45, 7) is 0. The van der Waals surface area contributed by atoms with Gasteiger partial charge in [0.15, 0.2) is 16.9 Å². The van der Waals surface area contributed by atoms with E-state index in [1.807, 2.05) is 11.4 Å². The van der Waals surface area contributed by atoms with Gasteiger partial charge in [-0.25, -0.2) is 0 Å². The Kier molecular flexibility index (Phi) is 5.05. The third-order valence-corrected chi connectivity index (χ3v) is 5.27. The van der Waals surface area contributed by atoms with E-state index in [0.717, 1.165) is 0 Å². The molecule has 4 rings (SSSR count). The number of hydrogen-bond donors (Lipinski definition) is 1. The van der Waals surface area contributed by atoms with Crippen molar-refractivity contribution in [2.24, 2.45) is 0 Å². The molecule has 0 aliphatic carbocycles. The Balaban J connectivity index is 1.69. The number of benzene rings is 2. The van der Waals surface area contributed by atoms with E-state index < -0.39 is 0 Å². The lowest BCUT2D eigenvalue weighted by atomic mass is 10.1. The maximum absolute atomic E-state index is 12.7. The number of amides is 1. The Morgan fingerprint density at radius 2 is 1.83 bits per heavy atom. The highest BCUT2D eigenvalue weighted by Crippen LogP contribution is 2.33. The molecule has 4 aromatic rings. The number of anilines is 1. The molecule has 0 bridgehead atoms. The number of carbonyl (C=O) groups is 1. The standard InChI is InChI=1S/C22H17NO5S/c1-26-18-7-5-13(10-20(18)27-2)19-12-16(24)15-11-14(6-8-17(15)28-19)23-22(25)21-4-3-9-29-21/h3-12H,1-2H3,(H,23,25). The molecule has 2 heterocycles. The average Bonchev–Trinajstić information content (AvgIpc) is 3.28. The molecule has 0 saturated heterocycles. The number of carbonyl (C=O) groups excluding carboxylic acids is 1. The van der Waals surface area contributed by atoms with Gasteiger partial charge >= 0.3 is 0 Å². The van der Waals surface area contributed by atoms with Crippen molar-refractivity contribution in [1.29, 1.82) is 0 Å². The molecule has 0 spiro atoms. The van der Waals surface area contributed by atoms with Gasteiger partial charge in [0.05, 0.1) is 24.5 Å². The Labute approximate surface area is 170 Å². The molecular formula is C22H17NO5S. The molecule has 146 valence electrons. The van der Waals surface area contributed by atoms with Gasteiger partial charge < -0.3 is 19.2 Å². The molecule has 1 N–H and O–H groups in total. The Morgan fingerprint density at radius 3 is 2.55 bits per heavy atom. The van der Waals surface area contributed by atoms with Crippen LogP contribution in [0.25, 0.3) is 22.3 Å². The summed E-state index contributed by atoms with van der Waals surface area (Å²) in [5, 5.41) is 5.02. The Morgan fingerprint density at radius 1 is 1.00 bits per heavy atom. The first-order valence-electron chi connectivity index (χ1n) is 8.74. The van der Waals surface area contributed by atoms with Crippen LogP contribution in [0, 0.1) is 0 Å². The van der Waals surface area contributed by atoms with Crippen LogP contribution in [0.2, 0.25) is 0 Å². The quantitative estimate of drug-likeness (QED) is 0.515. The Hall–Kier alpha value is -3.58. The summed E-state index contributed by atoms with van der Waals surface area (Å²) in [7, 11) is 3.10. The normalized spacial score (nSPS) is 10.7. The van der Waals surface area contributed by atoms with Crippen LogP contribution in [0.4, 0.5) is 5.69 Å². The van der Waals surface area contributed by atoms with Crippen molar-refractivity contribution in [1.82, 2.24) is 0 Å². The first kappa shape index (κ1) is 18.8. The number of fused-ring (bicyclic) bond motifs is 1. The molecular weight excluding hydrogens is 390 g/mol. The average molecular weight is 407 g/mol. The van der Waals surface area contributed by atoms with Gasteiger partial charge in [0.1, 0.15) is 11.3 Å². The van der Waals surface area contributed by atoms with Crippen molar-refractivity contribution in [3.8, 4) is 22.8 Å². The van der Waals surface area contributed by atoms with Crippen molar-refractivity contribution in [2.75, 3.05) is 19.5 Å². The summed E-state index contributed by atoms with van der Waals surface area (Å²) in [5.74, 6) is 1.33. The second-order valence-electron chi connectivity index (χ2n) is 6.19. The smallest absolute Gasteiger partial charge is 0.265 e. The van der Waals surface area contributed by atoms with E-state index in [1.54, 1.807) is 56.7 Å². The summed E-state index contributed by atoms with van der Waals surface area (Å²) in [5.41, 5.74) is 1.44. The minimum Gasteiger partial charge on any atom is -0.493 e. The van der Waals surface area contributed by atoms with Crippen LogP contribution in [0.15, 0.2) is 69.2 Å². The lowest BCUT2D eigenvalue weighted by Crippen LogP contribution is -2.10. The van der Waals surface area contributed by atoms with E-state index in [9.17, 15) is 9.59 Å². The third kappa shape index (κ3) is 3.72. The van der Waals surface area contributed by atoms with Crippen LogP contribution in [0.3, 0.4) is 0 Å². The van der Waals surface area contributed by atoms with Gasteiger partial charge in [0.25, 0.3) is 5.91 Å². The van der Waals surface area contributed by atoms with E-state index in [4.69, 9.17) is 13.9 Å². The van der Waals surface area contributed by atoms with Crippen LogP contribution in [0.1, 0.15) is 9.67 Å². The molecule has 0 fully saturated rings. The zero-order chi connectivity index (χ0) is 20.4. The highest BCUT2D eigenvalue weighted by Gasteiger charge is 2.12. The van der Waals surface area contributed by atoms with Crippen molar-refractivity contribution in [3.05, 3.63) is 75.1 Å². The van der Waals surface area contributed by atoms with Crippen LogP contribution >= 0.6 is 11.3 Å². The van der Waals surface area contributed by atoms with E-state index >= 15 is 0 Å². The number of nitrogens with one attached hydrogen (secondary N) is 1. The maximum atomic E-state index is 12.7. The summed E-state index contributed by atoms with van der Waals surface area (Å²) in [6.07, 6.45) is 0. The minimum atomic E-state index is -0.217. The van der Waals surface area contributed by atoms with Gasteiger partial charge in [-0.15, -0.1) is 11.3 Å². The molecule has 1 amide bonds. The first-order valence-corrected chi connectivity index (χ1v) is 9.62. The predicted molar refractivity (Wildman–Crippen MR) is 113 cm³/mol. The molecule has 0 unspecified atom stereocenters. The summed E-state index contributed by atoms with van der Waals surface area (Å²) < 4.78 is 16.5. The fraction of sp³-hybridized carbons (Fsp3) is 0.0909. The number of ether oxygens (including phenoxy) is 2. The highest BCUT2D eigenvalue weighted by atomic mass is 32.1. The minimum absolute atomic E-state index is 0.205. The SMILES string of the molecule is COc1ccc(-c2cc(=O)c3cc(NC(=O)c4cccs4)ccc3o2)cc1OC. The lowest BCUT2D eigenvalue weighted by Gasteiger charge is -2.10. The number of rotatable bonds is 5. The Bertz CT molecular complexity index is 1240. The van der Waals surface area contributed by atoms with E-state index in [0.29, 0.717) is 44.4 Å². The molecule has 0 aliphatic heterocycles. The topological polar surface area (TPSA) is 77.8 Å². The van der Waals surface area contributed by atoms with Crippen molar-refractivity contribution < 1.29 is 18.7 Å². The molecule has 0 radical (unpaired) electrons. The second kappa shape index (κ2) is 7.81. The van der Waals surface area contributed by atoms with Gasteiger partial charge in [-0.3, -0.25) is 9.59 Å². The molecule has 2 aromatic carbocycles. The van der Waals surface area contributed by atoms with Crippen molar-refractivity contribution in [2.45, 2.75) is 0 Å². The van der Waals surface area contributed by atoms with Crippen molar-refractivity contribution in [3.63, 3.8) is 0 Å². The fourth-order valence-electron chi connectivity index (χ4n) is 2.97. The molecule has 0 aliphatic rings. The van der Waals surface area contributed by atoms with Gasteiger partial charge in [0, 0.05) is 17.3 Å². The number of hydrogen-bond acceptors (Lipinski definition) is 6. The fourth-order valence-corrected chi connectivity index (χ4v) is 3.59. The second-order valence-corrected chi connectivity index (χ2v) is 7.13. The summed E-state index contributed by atoms with van der Waals surface area (Å²) in [6, 6.07) is 15.3. The van der Waals surface area contributed by atoms with E-state index in [2.05, 4.69) is 5.32 Å². The van der Waals surface area contributed by atoms with Crippen molar-refractivity contribution >= 4 is 33.9 Å². The number of methoxy groups -OCH3 is 2. The zero-order valence-corrected chi connectivity index (χ0v) is 16.5. The molecule has 29 heavy (non-hydrogen) atoms. The molecule has 2 aromatic heterocycles. The zero-order valence-electron chi connectivity index (χ0n) is 15.7. The molecule has 6 nitrogen and oxygen atoms in total. The van der Waals surface area contributed by atoms with Gasteiger partial charge in [-0.1, -0.05) is 6.07 Å². The first-order chi connectivity index (χ1) is 14.1. The van der Waals surface area contributed by atoms with Crippen LogP contribution < -0.4 is 20.2 Å². The van der Waals surface area contributed by atoms with Crippen LogP contribution in [0.5, 0.6) is 11.5 Å². The van der Waals surface area contributed by atoms with Gasteiger partial charge in [-0.05, 0) is 47.8 Å². The van der Waals surface area contributed by atoms with Crippen LogP contribution in [-0.4, -0.2) is 20.1 Å². The van der Waals surface area contributed by atoms with Gasteiger partial charge in [-0.2, -0.15) is 0 Å². The molecule has 7 heteroatoms. The molecule has 0 atom stereocenters. The monoisotopic (exact) mass is 407 g/mol. The maximum Gasteiger partial charge on any atom is 0.265 e. The summed E-state index contributed by atoms with van der Waals surface area (Å²) in [4.78, 5) is 25.5. The molecule has 0 saturated carbocycles. The predicted octanol–water partition coefficient (Wildman–Crippen LogP) is 4.79. The van der Waals surface area contributed by atoms with E-state index in [1.165, 1.54) is 17.4 Å². The summed E-state index contributed by atoms with van der Waals surface area (Å²) >= 11 is 1.35. The highest BCUT2D eigenvalue weighted by molar-refractivity contribution is 7.12. The number of thiophene rings is 1. The third-order valence-electron chi connectivity index (χ3n) is 4.40. The van der Waals surface area contributed by atoms with E-state index in [-0.39, 0.29) is 11.3 Å².